The van der Waals surface area contributed by atoms with E-state index in [1.807, 2.05) is 17.9 Å². The van der Waals surface area contributed by atoms with Crippen molar-refractivity contribution in [3.63, 3.8) is 0 Å². The van der Waals surface area contributed by atoms with Gasteiger partial charge in [0.15, 0.2) is 5.96 Å². The van der Waals surface area contributed by atoms with Gasteiger partial charge < -0.3 is 16.4 Å². The smallest absolute Gasteiger partial charge is 0.223 e. The van der Waals surface area contributed by atoms with Gasteiger partial charge in [-0.2, -0.15) is 4.99 Å². The van der Waals surface area contributed by atoms with Crippen molar-refractivity contribution in [3.8, 4) is 0 Å². The van der Waals surface area contributed by atoms with E-state index in [0.29, 0.717) is 11.0 Å². The first-order chi connectivity index (χ1) is 9.06. The molecule has 0 saturated carbocycles. The molecule has 0 radical (unpaired) electrons. The van der Waals surface area contributed by atoms with Crippen molar-refractivity contribution in [2.45, 2.75) is 19.8 Å². The number of hydrogen-bond acceptors (Lipinski definition) is 1. The van der Waals surface area contributed by atoms with E-state index in [9.17, 15) is 0 Å². The fourth-order valence-corrected chi connectivity index (χ4v) is 2.11. The number of nitrogens with zero attached hydrogens (tertiary/aromatic N) is 3. The van der Waals surface area contributed by atoms with Gasteiger partial charge in [-0.25, -0.2) is 4.99 Å². The minimum atomic E-state index is 0.158. The summed E-state index contributed by atoms with van der Waals surface area (Å²) in [7, 11) is 0. The number of rotatable bonds is 1. The first-order valence-electron chi connectivity index (χ1n) is 6.25. The molecular weight excluding hydrogens is 262 g/mol. The Hall–Kier alpha value is -1.75. The Morgan fingerprint density at radius 1 is 1.26 bits per heavy atom. The van der Waals surface area contributed by atoms with Crippen LogP contribution in [0.15, 0.2) is 28.2 Å². The number of guanidine groups is 2. The first kappa shape index (κ1) is 13.7. The standard InChI is InChI=1S/C13H18ClN5/c1-9-8-10(4-5-11(9)14)17-12(15)18-13(16)19-6-2-3-7-19/h4-5,8H,2-3,6-7H2,1H3,(H4,15,16,17,18). The summed E-state index contributed by atoms with van der Waals surface area (Å²) in [6.45, 7) is 3.78. The van der Waals surface area contributed by atoms with E-state index in [1.165, 1.54) is 0 Å². The number of aryl methyl sites for hydroxylation is 1. The van der Waals surface area contributed by atoms with Gasteiger partial charge in [0.2, 0.25) is 5.96 Å². The van der Waals surface area contributed by atoms with Crippen LogP contribution in [0.1, 0.15) is 18.4 Å². The molecule has 0 amide bonds. The van der Waals surface area contributed by atoms with Gasteiger partial charge in [0.05, 0.1) is 5.69 Å². The highest BCUT2D eigenvalue weighted by Crippen LogP contribution is 2.21. The van der Waals surface area contributed by atoms with E-state index in [0.717, 1.165) is 37.2 Å². The fourth-order valence-electron chi connectivity index (χ4n) is 1.99. The van der Waals surface area contributed by atoms with Crippen LogP contribution in [0.4, 0.5) is 5.69 Å². The minimum absolute atomic E-state index is 0.158. The Bertz CT molecular complexity index is 518. The van der Waals surface area contributed by atoms with E-state index in [4.69, 9.17) is 23.1 Å². The molecule has 1 aliphatic heterocycles. The first-order valence-corrected chi connectivity index (χ1v) is 6.63. The van der Waals surface area contributed by atoms with E-state index < -0.39 is 0 Å². The molecular formula is C13H18ClN5. The van der Waals surface area contributed by atoms with Crippen LogP contribution in [0.25, 0.3) is 0 Å². The largest absolute Gasteiger partial charge is 0.369 e. The van der Waals surface area contributed by atoms with E-state index >= 15 is 0 Å². The number of nitrogens with two attached hydrogens (primary N) is 2. The second kappa shape index (κ2) is 5.93. The molecule has 1 aromatic carbocycles. The van der Waals surface area contributed by atoms with Gasteiger partial charge in [-0.15, -0.1) is 0 Å². The van der Waals surface area contributed by atoms with E-state index in [1.54, 1.807) is 12.1 Å². The van der Waals surface area contributed by atoms with E-state index in [2.05, 4.69) is 9.98 Å². The number of hydrogen-bond donors (Lipinski definition) is 2. The molecule has 0 aliphatic carbocycles. The molecule has 0 atom stereocenters. The zero-order valence-electron chi connectivity index (χ0n) is 10.9. The molecule has 1 fully saturated rings. The van der Waals surface area contributed by atoms with Crippen LogP contribution >= 0.6 is 11.6 Å². The molecule has 0 bridgehead atoms. The zero-order valence-corrected chi connectivity index (χ0v) is 11.7. The molecule has 1 aromatic rings. The predicted octanol–water partition coefficient (Wildman–Crippen LogP) is 2.01. The lowest BCUT2D eigenvalue weighted by atomic mass is 10.2. The van der Waals surface area contributed by atoms with E-state index in [-0.39, 0.29) is 5.96 Å². The second-order valence-corrected chi connectivity index (χ2v) is 4.97. The molecule has 102 valence electrons. The van der Waals surface area contributed by atoms with Crippen molar-refractivity contribution in [1.29, 1.82) is 0 Å². The quantitative estimate of drug-likeness (QED) is 0.609. The van der Waals surface area contributed by atoms with Gasteiger partial charge in [-0.05, 0) is 43.5 Å². The molecule has 4 N–H and O–H groups in total. The van der Waals surface area contributed by atoms with Crippen LogP contribution in [-0.4, -0.2) is 29.9 Å². The molecule has 1 saturated heterocycles. The molecule has 0 unspecified atom stereocenters. The normalized spacial score (nSPS) is 17.1. The lowest BCUT2D eigenvalue weighted by Gasteiger charge is -2.15. The van der Waals surface area contributed by atoms with Gasteiger partial charge in [-0.1, -0.05) is 11.6 Å². The summed E-state index contributed by atoms with van der Waals surface area (Å²) < 4.78 is 0. The Morgan fingerprint density at radius 2 is 1.95 bits per heavy atom. The number of halogens is 1. The maximum atomic E-state index is 5.95. The summed E-state index contributed by atoms with van der Waals surface area (Å²) in [5.41, 5.74) is 13.3. The lowest BCUT2D eigenvalue weighted by Crippen LogP contribution is -2.36. The summed E-state index contributed by atoms with van der Waals surface area (Å²) in [4.78, 5) is 10.3. The van der Waals surface area contributed by atoms with Crippen molar-refractivity contribution >= 4 is 29.2 Å². The number of aliphatic imine (C=N–C) groups is 2. The molecule has 1 heterocycles. The topological polar surface area (TPSA) is 80.0 Å². The van der Waals surface area contributed by atoms with Gasteiger partial charge in [0, 0.05) is 18.1 Å². The summed E-state index contributed by atoms with van der Waals surface area (Å²) in [5, 5.41) is 0.706. The highest BCUT2D eigenvalue weighted by atomic mass is 35.5. The third-order valence-electron chi connectivity index (χ3n) is 3.04. The summed E-state index contributed by atoms with van der Waals surface area (Å²) in [6.07, 6.45) is 2.29. The lowest BCUT2D eigenvalue weighted by molar-refractivity contribution is 0.514. The van der Waals surface area contributed by atoms with Crippen molar-refractivity contribution in [3.05, 3.63) is 28.8 Å². The Morgan fingerprint density at radius 3 is 2.58 bits per heavy atom. The third-order valence-corrected chi connectivity index (χ3v) is 3.47. The Balaban J connectivity index is 2.13. The molecule has 0 spiro atoms. The van der Waals surface area contributed by atoms with Crippen LogP contribution in [0, 0.1) is 6.92 Å². The molecule has 1 aliphatic rings. The summed E-state index contributed by atoms with van der Waals surface area (Å²) >= 11 is 5.95. The molecule has 6 heteroatoms. The molecule has 0 aromatic heterocycles. The fraction of sp³-hybridized carbons (Fsp3) is 0.385. The molecule has 19 heavy (non-hydrogen) atoms. The van der Waals surface area contributed by atoms with Gasteiger partial charge in [-0.3, -0.25) is 0 Å². The Labute approximate surface area is 118 Å². The van der Waals surface area contributed by atoms with Crippen LogP contribution in [0.5, 0.6) is 0 Å². The zero-order chi connectivity index (χ0) is 13.8. The molecule has 5 nitrogen and oxygen atoms in total. The summed E-state index contributed by atoms with van der Waals surface area (Å²) in [6, 6.07) is 5.44. The number of benzene rings is 1. The van der Waals surface area contributed by atoms with Gasteiger partial charge in [0.25, 0.3) is 0 Å². The van der Waals surface area contributed by atoms with Crippen LogP contribution < -0.4 is 11.5 Å². The van der Waals surface area contributed by atoms with Gasteiger partial charge in [0.1, 0.15) is 0 Å². The average Bonchev–Trinajstić information content (AvgIpc) is 2.87. The monoisotopic (exact) mass is 279 g/mol. The minimum Gasteiger partial charge on any atom is -0.369 e. The third kappa shape index (κ3) is 3.61. The predicted molar refractivity (Wildman–Crippen MR) is 79.9 cm³/mol. The summed E-state index contributed by atoms with van der Waals surface area (Å²) in [5.74, 6) is 0.593. The highest BCUT2D eigenvalue weighted by Gasteiger charge is 2.13. The highest BCUT2D eigenvalue weighted by molar-refractivity contribution is 6.31. The van der Waals surface area contributed by atoms with Crippen molar-refractivity contribution in [1.82, 2.24) is 4.90 Å². The van der Waals surface area contributed by atoms with Crippen LogP contribution in [-0.2, 0) is 0 Å². The van der Waals surface area contributed by atoms with Crippen molar-refractivity contribution in [2.75, 3.05) is 13.1 Å². The maximum absolute atomic E-state index is 5.95. The second-order valence-electron chi connectivity index (χ2n) is 4.57. The number of likely N-dealkylation sites (tertiary alicyclic amines) is 1. The maximum Gasteiger partial charge on any atom is 0.223 e. The molecule has 2 rings (SSSR count). The van der Waals surface area contributed by atoms with Crippen molar-refractivity contribution < 1.29 is 0 Å². The average molecular weight is 280 g/mol. The van der Waals surface area contributed by atoms with Crippen molar-refractivity contribution in [2.24, 2.45) is 21.5 Å². The van der Waals surface area contributed by atoms with Crippen LogP contribution in [0.3, 0.4) is 0 Å². The SMILES string of the molecule is Cc1cc(N=C(N)N=C(N)N2CCCC2)ccc1Cl. The van der Waals surface area contributed by atoms with Gasteiger partial charge >= 0.3 is 0 Å². The van der Waals surface area contributed by atoms with Crippen LogP contribution in [0.2, 0.25) is 5.02 Å². The Kier molecular flexibility index (Phi) is 4.27.